The highest BCUT2D eigenvalue weighted by molar-refractivity contribution is 6.04. The third-order valence-corrected chi connectivity index (χ3v) is 6.69. The molecule has 1 aromatic carbocycles. The van der Waals surface area contributed by atoms with Gasteiger partial charge >= 0.3 is 5.97 Å². The maximum atomic E-state index is 13.6. The molecule has 1 saturated heterocycles. The summed E-state index contributed by atoms with van der Waals surface area (Å²) in [5, 5.41) is 3.68. The van der Waals surface area contributed by atoms with E-state index in [9.17, 15) is 14.4 Å². The molecule has 2 aliphatic heterocycles. The molecule has 1 N–H and O–H groups in total. The Labute approximate surface area is 191 Å². The van der Waals surface area contributed by atoms with Crippen LogP contribution in [-0.2, 0) is 19.1 Å². The van der Waals surface area contributed by atoms with Gasteiger partial charge in [-0.25, -0.2) is 4.79 Å². The third kappa shape index (κ3) is 3.91. The first-order valence-corrected chi connectivity index (χ1v) is 11.5. The molecule has 3 aliphatic rings. The van der Waals surface area contributed by atoms with Crippen LogP contribution in [0.4, 0.5) is 0 Å². The number of hydrogen-bond donors (Lipinski definition) is 1. The molecular formula is C26H27NO6. The van der Waals surface area contributed by atoms with Gasteiger partial charge in [-0.3, -0.25) is 9.59 Å². The Hall–Kier alpha value is -3.19. The van der Waals surface area contributed by atoms with Crippen molar-refractivity contribution in [3.05, 3.63) is 68.4 Å². The van der Waals surface area contributed by atoms with E-state index in [0.29, 0.717) is 41.7 Å². The number of fused-ring (bicyclic) bond motifs is 1. The number of allylic oxidation sites excluding steroid dienone is 3. The number of benzene rings is 1. The fraction of sp³-hybridized carbons (Fsp3) is 0.423. The molecule has 0 bridgehead atoms. The average Bonchev–Trinajstić information content (AvgIpc) is 3.31. The number of Topliss-reactive ketones (excluding diaryl/α,β-unsaturated/α-hetero) is 1. The van der Waals surface area contributed by atoms with Crippen LogP contribution in [-0.4, -0.2) is 31.1 Å². The Balaban J connectivity index is 1.61. The molecule has 2 atom stereocenters. The van der Waals surface area contributed by atoms with Gasteiger partial charge in [0.05, 0.1) is 29.2 Å². The largest absolute Gasteiger partial charge is 0.464 e. The SMILES string of the molecule is CC1=C(C(=O)OC[C@H]2CCCO2)[C@H](c2coc3ccc(C)cc3c2=O)C2=C(CCCC2=O)N1. The van der Waals surface area contributed by atoms with E-state index >= 15 is 0 Å². The zero-order valence-corrected chi connectivity index (χ0v) is 18.9. The summed E-state index contributed by atoms with van der Waals surface area (Å²) in [7, 11) is 0. The number of hydrogen-bond acceptors (Lipinski definition) is 7. The summed E-state index contributed by atoms with van der Waals surface area (Å²) in [5.74, 6) is -1.43. The van der Waals surface area contributed by atoms with Crippen molar-refractivity contribution in [2.75, 3.05) is 13.2 Å². The van der Waals surface area contributed by atoms with Crippen molar-refractivity contribution in [3.8, 4) is 0 Å². The van der Waals surface area contributed by atoms with E-state index in [2.05, 4.69) is 5.32 Å². The van der Waals surface area contributed by atoms with Gasteiger partial charge in [0.25, 0.3) is 0 Å². The summed E-state index contributed by atoms with van der Waals surface area (Å²) in [6.45, 7) is 4.49. The van der Waals surface area contributed by atoms with Crippen LogP contribution in [0.5, 0.6) is 0 Å². The lowest BCUT2D eigenvalue weighted by Crippen LogP contribution is -2.36. The topological polar surface area (TPSA) is 94.8 Å². The van der Waals surface area contributed by atoms with E-state index in [4.69, 9.17) is 13.9 Å². The highest BCUT2D eigenvalue weighted by Gasteiger charge is 2.41. The van der Waals surface area contributed by atoms with Crippen molar-refractivity contribution >= 4 is 22.7 Å². The number of ketones is 1. The molecule has 1 fully saturated rings. The fourth-order valence-electron chi connectivity index (χ4n) is 5.05. The summed E-state index contributed by atoms with van der Waals surface area (Å²) in [5.41, 5.74) is 3.54. The van der Waals surface area contributed by atoms with E-state index in [1.165, 1.54) is 6.26 Å². The van der Waals surface area contributed by atoms with Gasteiger partial charge in [0.15, 0.2) is 11.2 Å². The number of carbonyl (C=O) groups excluding carboxylic acids is 2. The number of rotatable bonds is 4. The van der Waals surface area contributed by atoms with E-state index < -0.39 is 11.9 Å². The molecule has 5 rings (SSSR count). The Kier molecular flexibility index (Phi) is 5.66. The molecule has 2 aromatic rings. The van der Waals surface area contributed by atoms with Crippen molar-refractivity contribution in [1.82, 2.24) is 5.32 Å². The van der Waals surface area contributed by atoms with Crippen LogP contribution in [0.15, 0.2) is 56.2 Å². The van der Waals surface area contributed by atoms with Crippen LogP contribution in [0, 0.1) is 6.92 Å². The maximum absolute atomic E-state index is 13.6. The molecule has 0 amide bonds. The van der Waals surface area contributed by atoms with Gasteiger partial charge in [0, 0.05) is 35.6 Å². The molecule has 0 spiro atoms. The van der Waals surface area contributed by atoms with Gasteiger partial charge in [-0.15, -0.1) is 0 Å². The summed E-state index contributed by atoms with van der Waals surface area (Å²) in [6.07, 6.45) is 4.85. The standard InChI is InChI=1S/C26H27NO6/c1-14-8-9-21-17(11-14)25(29)18(13-32-21)23-22(26(30)33-12-16-5-4-10-31-16)15(2)27-19-6-3-7-20(28)24(19)23/h8-9,11,13,16,23,27H,3-7,10,12H2,1-2H3/t16-,23+/m1/s1. The van der Waals surface area contributed by atoms with Crippen LogP contribution in [0.1, 0.15) is 56.1 Å². The molecule has 33 heavy (non-hydrogen) atoms. The Morgan fingerprint density at radius 1 is 1.18 bits per heavy atom. The molecule has 172 valence electrons. The molecule has 3 heterocycles. The van der Waals surface area contributed by atoms with Crippen molar-refractivity contribution in [2.45, 2.75) is 58.0 Å². The van der Waals surface area contributed by atoms with Crippen molar-refractivity contribution in [3.63, 3.8) is 0 Å². The lowest BCUT2D eigenvalue weighted by atomic mass is 9.75. The number of esters is 1. The Morgan fingerprint density at radius 2 is 2.03 bits per heavy atom. The highest BCUT2D eigenvalue weighted by atomic mass is 16.6. The molecule has 0 unspecified atom stereocenters. The quantitative estimate of drug-likeness (QED) is 0.710. The van der Waals surface area contributed by atoms with E-state index in [-0.39, 0.29) is 35.1 Å². The van der Waals surface area contributed by atoms with Gasteiger partial charge in [-0.05, 0) is 51.7 Å². The van der Waals surface area contributed by atoms with Gasteiger partial charge in [0.1, 0.15) is 12.2 Å². The first-order valence-electron chi connectivity index (χ1n) is 11.5. The van der Waals surface area contributed by atoms with E-state index in [1.54, 1.807) is 19.1 Å². The normalized spacial score (nSPS) is 23.0. The molecule has 7 nitrogen and oxygen atoms in total. The Morgan fingerprint density at radius 3 is 2.82 bits per heavy atom. The van der Waals surface area contributed by atoms with E-state index in [0.717, 1.165) is 30.5 Å². The first-order chi connectivity index (χ1) is 15.9. The van der Waals surface area contributed by atoms with Crippen molar-refractivity contribution < 1.29 is 23.5 Å². The predicted octanol–water partition coefficient (Wildman–Crippen LogP) is 3.79. The van der Waals surface area contributed by atoms with Gasteiger partial charge in [-0.1, -0.05) is 11.6 Å². The molecule has 1 aromatic heterocycles. The van der Waals surface area contributed by atoms with Crippen molar-refractivity contribution in [1.29, 1.82) is 0 Å². The minimum atomic E-state index is -0.827. The Bertz CT molecular complexity index is 1260. The smallest absolute Gasteiger partial charge is 0.336 e. The second-order valence-corrected chi connectivity index (χ2v) is 9.02. The summed E-state index contributed by atoms with van der Waals surface area (Å²) in [6, 6.07) is 5.40. The summed E-state index contributed by atoms with van der Waals surface area (Å²) >= 11 is 0. The highest BCUT2D eigenvalue weighted by Crippen LogP contribution is 2.42. The third-order valence-electron chi connectivity index (χ3n) is 6.69. The van der Waals surface area contributed by atoms with Crippen LogP contribution >= 0.6 is 0 Å². The number of aryl methyl sites for hydroxylation is 1. The number of ether oxygens (including phenoxy) is 2. The average molecular weight is 450 g/mol. The second kappa shape index (κ2) is 8.63. The predicted molar refractivity (Wildman–Crippen MR) is 122 cm³/mol. The zero-order chi connectivity index (χ0) is 23.1. The van der Waals surface area contributed by atoms with Gasteiger partial charge in [-0.2, -0.15) is 0 Å². The molecule has 1 aliphatic carbocycles. The van der Waals surface area contributed by atoms with Gasteiger partial charge < -0.3 is 19.2 Å². The molecule has 0 radical (unpaired) electrons. The summed E-state index contributed by atoms with van der Waals surface area (Å²) in [4.78, 5) is 40.0. The van der Waals surface area contributed by atoms with Crippen molar-refractivity contribution in [2.24, 2.45) is 0 Å². The van der Waals surface area contributed by atoms with Crippen LogP contribution < -0.4 is 10.7 Å². The monoisotopic (exact) mass is 449 g/mol. The zero-order valence-electron chi connectivity index (χ0n) is 18.9. The molecule has 0 saturated carbocycles. The van der Waals surface area contributed by atoms with E-state index in [1.807, 2.05) is 13.0 Å². The lowest BCUT2D eigenvalue weighted by Gasteiger charge is -2.33. The lowest BCUT2D eigenvalue weighted by molar-refractivity contribution is -0.142. The minimum absolute atomic E-state index is 0.0607. The fourth-order valence-corrected chi connectivity index (χ4v) is 5.05. The van der Waals surface area contributed by atoms with Crippen LogP contribution in [0.25, 0.3) is 11.0 Å². The molecular weight excluding hydrogens is 422 g/mol. The van der Waals surface area contributed by atoms with Crippen LogP contribution in [0.3, 0.4) is 0 Å². The number of carbonyl (C=O) groups is 2. The summed E-state index contributed by atoms with van der Waals surface area (Å²) < 4.78 is 17.0. The van der Waals surface area contributed by atoms with Crippen LogP contribution in [0.2, 0.25) is 0 Å². The number of dihydropyridines is 1. The number of nitrogens with one attached hydrogen (secondary N) is 1. The molecule has 7 heteroatoms. The minimum Gasteiger partial charge on any atom is -0.464 e. The maximum Gasteiger partial charge on any atom is 0.336 e. The first kappa shape index (κ1) is 21.6. The van der Waals surface area contributed by atoms with Gasteiger partial charge in [0.2, 0.25) is 0 Å². The second-order valence-electron chi connectivity index (χ2n) is 9.02.